The fourth-order valence-electron chi connectivity index (χ4n) is 3.91. The van der Waals surface area contributed by atoms with Gasteiger partial charge in [-0.15, -0.1) is 0 Å². The van der Waals surface area contributed by atoms with Crippen LogP contribution < -0.4 is 14.2 Å². The molecule has 2 aromatic carbocycles. The second kappa shape index (κ2) is 7.94. The van der Waals surface area contributed by atoms with Gasteiger partial charge in [-0.1, -0.05) is 0 Å². The normalized spacial score (nSPS) is 13.8. The van der Waals surface area contributed by atoms with Crippen LogP contribution in [0.15, 0.2) is 66.8 Å². The Balaban J connectivity index is 1.48. The first-order valence-electron chi connectivity index (χ1n) is 10.3. The van der Waals surface area contributed by atoms with E-state index in [4.69, 9.17) is 14.2 Å². The van der Waals surface area contributed by atoms with Crippen molar-refractivity contribution in [2.75, 3.05) is 7.11 Å². The smallest absolute Gasteiger partial charge is 0.343 e. The van der Waals surface area contributed by atoms with E-state index in [0.29, 0.717) is 28.2 Å². The largest absolute Gasteiger partial charge is 0.497 e. The lowest BCUT2D eigenvalue weighted by Crippen LogP contribution is -2.09. The van der Waals surface area contributed by atoms with Gasteiger partial charge in [-0.25, -0.2) is 4.79 Å². The minimum atomic E-state index is -0.509. The molecule has 1 aliphatic heterocycles. The summed E-state index contributed by atoms with van der Waals surface area (Å²) in [5.41, 5.74) is 3.23. The quantitative estimate of drug-likeness (QED) is 0.259. The van der Waals surface area contributed by atoms with Gasteiger partial charge in [0.1, 0.15) is 17.2 Å². The first kappa shape index (κ1) is 20.5. The van der Waals surface area contributed by atoms with E-state index >= 15 is 0 Å². The molecule has 33 heavy (non-hydrogen) atoms. The Kier molecular flexibility index (Phi) is 4.94. The highest BCUT2D eigenvalue weighted by atomic mass is 16.5. The summed E-state index contributed by atoms with van der Waals surface area (Å²) in [7, 11) is 3.56. The number of pyridine rings is 1. The summed E-state index contributed by atoms with van der Waals surface area (Å²) in [5, 5.41) is 0.945. The Bertz CT molecular complexity index is 1450. The number of hydrogen-bond acceptors (Lipinski definition) is 6. The molecule has 164 valence electrons. The van der Waals surface area contributed by atoms with E-state index < -0.39 is 5.97 Å². The van der Waals surface area contributed by atoms with Crippen LogP contribution in [0.2, 0.25) is 0 Å². The molecule has 0 N–H and O–H groups in total. The lowest BCUT2D eigenvalue weighted by Gasteiger charge is -2.10. The molecule has 0 saturated carbocycles. The maximum absolute atomic E-state index is 13.0. The molecule has 0 atom stereocenters. The van der Waals surface area contributed by atoms with Gasteiger partial charge in [-0.3, -0.25) is 9.78 Å². The molecule has 4 aromatic rings. The number of ether oxygens (including phenoxy) is 3. The molecule has 2 aromatic heterocycles. The molecule has 0 amide bonds. The van der Waals surface area contributed by atoms with Crippen LogP contribution >= 0.6 is 0 Å². The highest BCUT2D eigenvalue weighted by Crippen LogP contribution is 2.40. The van der Waals surface area contributed by atoms with Crippen LogP contribution in [-0.2, 0) is 7.05 Å². The number of ketones is 1. The van der Waals surface area contributed by atoms with Crippen LogP contribution in [-0.4, -0.2) is 28.4 Å². The van der Waals surface area contributed by atoms with Gasteiger partial charge in [0.15, 0.2) is 5.76 Å². The van der Waals surface area contributed by atoms with Gasteiger partial charge in [0, 0.05) is 47.7 Å². The third-order valence-electron chi connectivity index (χ3n) is 5.67. The second-order valence-electron chi connectivity index (χ2n) is 7.71. The lowest BCUT2D eigenvalue weighted by molar-refractivity contribution is 0.0733. The Morgan fingerprint density at radius 2 is 1.91 bits per heavy atom. The maximum Gasteiger partial charge on any atom is 0.343 e. The van der Waals surface area contributed by atoms with Crippen molar-refractivity contribution in [1.82, 2.24) is 9.55 Å². The molecule has 0 saturated heterocycles. The van der Waals surface area contributed by atoms with Crippen LogP contribution in [0.25, 0.3) is 17.0 Å². The van der Waals surface area contributed by atoms with Crippen LogP contribution in [0.1, 0.15) is 31.8 Å². The summed E-state index contributed by atoms with van der Waals surface area (Å²) in [5.74, 6) is 0.932. The SMILES string of the molecule is COc1ccc2c(c1)c(/C=C1\Oc3c(ccc(OC(=O)c4ccncc4)c3C)C1=O)cn2C. The predicted octanol–water partition coefficient (Wildman–Crippen LogP) is 4.73. The fourth-order valence-corrected chi connectivity index (χ4v) is 3.91. The number of allylic oxidation sites excluding steroid dienone is 1. The average molecular weight is 440 g/mol. The highest BCUT2D eigenvalue weighted by molar-refractivity contribution is 6.15. The Morgan fingerprint density at radius 1 is 1.12 bits per heavy atom. The second-order valence-corrected chi connectivity index (χ2v) is 7.71. The van der Waals surface area contributed by atoms with Gasteiger partial charge < -0.3 is 18.8 Å². The van der Waals surface area contributed by atoms with Gasteiger partial charge in [0.05, 0.1) is 18.2 Å². The zero-order valence-corrected chi connectivity index (χ0v) is 18.3. The van der Waals surface area contributed by atoms with Crippen LogP contribution in [0, 0.1) is 6.92 Å². The van der Waals surface area contributed by atoms with Gasteiger partial charge in [-0.05, 0) is 55.5 Å². The molecule has 0 bridgehead atoms. The number of fused-ring (bicyclic) bond motifs is 2. The molecule has 7 nitrogen and oxygen atoms in total. The molecular formula is C26H20N2O5. The predicted molar refractivity (Wildman–Crippen MR) is 123 cm³/mol. The maximum atomic E-state index is 13.0. The minimum Gasteiger partial charge on any atom is -0.497 e. The van der Waals surface area contributed by atoms with E-state index in [9.17, 15) is 9.59 Å². The minimum absolute atomic E-state index is 0.209. The van der Waals surface area contributed by atoms with Crippen molar-refractivity contribution < 1.29 is 23.8 Å². The highest BCUT2D eigenvalue weighted by Gasteiger charge is 2.31. The number of aryl methyl sites for hydroxylation is 1. The number of carbonyl (C=O) groups is 2. The number of hydrogen-bond donors (Lipinski definition) is 0. The molecule has 0 fully saturated rings. The number of methoxy groups -OCH3 is 1. The van der Waals surface area contributed by atoms with Crippen molar-refractivity contribution in [1.29, 1.82) is 0 Å². The molecule has 0 unspecified atom stereocenters. The summed E-state index contributed by atoms with van der Waals surface area (Å²) < 4.78 is 18.8. The Hall–Kier alpha value is -4.39. The van der Waals surface area contributed by atoms with Crippen molar-refractivity contribution in [2.45, 2.75) is 6.92 Å². The number of aromatic nitrogens is 2. The molecule has 1 aliphatic rings. The Morgan fingerprint density at radius 3 is 2.67 bits per heavy atom. The topological polar surface area (TPSA) is 79.7 Å². The number of nitrogens with zero attached hydrogens (tertiary/aromatic N) is 2. The number of esters is 1. The van der Waals surface area contributed by atoms with Crippen molar-refractivity contribution in [2.24, 2.45) is 7.05 Å². The van der Waals surface area contributed by atoms with E-state index in [2.05, 4.69) is 4.98 Å². The fraction of sp³-hybridized carbons (Fsp3) is 0.115. The first-order chi connectivity index (χ1) is 16.0. The van der Waals surface area contributed by atoms with Crippen LogP contribution in [0.5, 0.6) is 17.2 Å². The van der Waals surface area contributed by atoms with Crippen molar-refractivity contribution >= 4 is 28.7 Å². The summed E-state index contributed by atoms with van der Waals surface area (Å²) in [6.45, 7) is 1.76. The first-order valence-corrected chi connectivity index (χ1v) is 10.3. The van der Waals surface area contributed by atoms with Gasteiger partial charge in [-0.2, -0.15) is 0 Å². The van der Waals surface area contributed by atoms with Gasteiger partial charge in [0.2, 0.25) is 5.78 Å². The number of carbonyl (C=O) groups excluding carboxylic acids is 2. The third-order valence-corrected chi connectivity index (χ3v) is 5.67. The van der Waals surface area contributed by atoms with Crippen LogP contribution in [0.4, 0.5) is 0 Å². The molecule has 5 rings (SSSR count). The number of rotatable bonds is 4. The molecular weight excluding hydrogens is 420 g/mol. The number of benzene rings is 2. The van der Waals surface area contributed by atoms with E-state index in [1.54, 1.807) is 44.4 Å². The van der Waals surface area contributed by atoms with E-state index in [1.165, 1.54) is 12.4 Å². The van der Waals surface area contributed by atoms with Crippen LogP contribution in [0.3, 0.4) is 0 Å². The summed E-state index contributed by atoms with van der Waals surface area (Å²) in [4.78, 5) is 29.4. The van der Waals surface area contributed by atoms with Gasteiger partial charge >= 0.3 is 5.97 Å². The molecule has 0 radical (unpaired) electrons. The lowest BCUT2D eigenvalue weighted by atomic mass is 10.1. The molecule has 7 heteroatoms. The van der Waals surface area contributed by atoms with Crippen molar-refractivity contribution in [3.8, 4) is 17.2 Å². The summed E-state index contributed by atoms with van der Waals surface area (Å²) in [6.07, 6.45) is 6.71. The van der Waals surface area contributed by atoms with Crippen molar-refractivity contribution in [3.63, 3.8) is 0 Å². The molecule has 0 aliphatic carbocycles. The number of Topliss-reactive ketones (excluding diaryl/α,β-unsaturated/α-hetero) is 1. The van der Waals surface area contributed by atoms with Gasteiger partial charge in [0.25, 0.3) is 0 Å². The van der Waals surface area contributed by atoms with E-state index in [1.807, 2.05) is 36.0 Å². The van der Waals surface area contributed by atoms with E-state index in [-0.39, 0.29) is 11.5 Å². The third kappa shape index (κ3) is 3.53. The van der Waals surface area contributed by atoms with E-state index in [0.717, 1.165) is 22.2 Å². The Labute approximate surface area is 189 Å². The zero-order chi connectivity index (χ0) is 23.1. The molecule has 0 spiro atoms. The van der Waals surface area contributed by atoms with Crippen molar-refractivity contribution in [3.05, 3.63) is 89.1 Å². The summed E-state index contributed by atoms with van der Waals surface area (Å²) >= 11 is 0. The average Bonchev–Trinajstić information content (AvgIpc) is 3.32. The standard InChI is InChI=1S/C26H20N2O5/c1-15-22(33-26(30)16-8-10-27-11-9-16)7-5-19-24(29)23(32-25(15)19)12-17-14-28(2)21-6-4-18(31-3)13-20(17)21/h4-14H,1-3H3/b23-12-. The zero-order valence-electron chi connectivity index (χ0n) is 18.3. The summed E-state index contributed by atoms with van der Waals surface area (Å²) in [6, 6.07) is 12.2. The monoisotopic (exact) mass is 440 g/mol. The molecule has 3 heterocycles.